The quantitative estimate of drug-likeness (QED) is 0.490. The zero-order chi connectivity index (χ0) is 19.4. The molecule has 2 aromatic carbocycles. The van der Waals surface area contributed by atoms with Crippen molar-refractivity contribution in [3.8, 4) is 0 Å². The minimum Gasteiger partial charge on any atom is -0.367 e. The molecule has 4 rings (SSSR count). The van der Waals surface area contributed by atoms with Crippen LogP contribution in [0.2, 0.25) is 0 Å². The van der Waals surface area contributed by atoms with Crippen LogP contribution in [0.25, 0.3) is 0 Å². The van der Waals surface area contributed by atoms with E-state index in [1.165, 1.54) is 5.56 Å². The van der Waals surface area contributed by atoms with Gasteiger partial charge in [0.15, 0.2) is 5.72 Å². The number of rotatable bonds is 6. The fraction of sp³-hybridized carbons (Fsp3) is 0.350. The Hall–Kier alpha value is -1.94. The Morgan fingerprint density at radius 1 is 1.10 bits per heavy atom. The van der Waals surface area contributed by atoms with E-state index in [4.69, 9.17) is 10.5 Å². The van der Waals surface area contributed by atoms with Gasteiger partial charge in [-0.05, 0) is 22.4 Å². The zero-order valence-corrected chi connectivity index (χ0v) is 19.5. The number of nitrogens with two attached hydrogens (primary N) is 1. The maximum Gasteiger partial charge on any atom is 0.240 e. The van der Waals surface area contributed by atoms with Crippen molar-refractivity contribution in [1.82, 2.24) is 30.8 Å². The standard InChI is InChI=1S/C20H25N7O.3ClH/c1-28-20(16-10-6-3-7-11-16)18(22-13-15-8-4-2-5-9-15)12-17(14-23-20)27-19(21)24-25-26-27;;;/h2-11,17-18,22-23H,12-14H2,1H3,(H2,21,24,26);3*1H/t17?,18-,20-;;;/m0.../s1. The first-order chi connectivity index (χ1) is 13.7. The number of ether oxygens (including phenoxy) is 1. The van der Waals surface area contributed by atoms with Crippen molar-refractivity contribution in [1.29, 1.82) is 0 Å². The fourth-order valence-electron chi connectivity index (χ4n) is 3.95. The van der Waals surface area contributed by atoms with Crippen LogP contribution in [-0.2, 0) is 17.0 Å². The third-order valence-electron chi connectivity index (χ3n) is 5.38. The summed E-state index contributed by atoms with van der Waals surface area (Å²) in [6, 6.07) is 20.5. The molecular weight excluding hydrogens is 461 g/mol. The number of halogens is 3. The van der Waals surface area contributed by atoms with E-state index in [-0.39, 0.29) is 49.3 Å². The second-order valence-electron chi connectivity index (χ2n) is 6.98. The molecule has 1 saturated heterocycles. The first-order valence-electron chi connectivity index (χ1n) is 9.39. The van der Waals surface area contributed by atoms with Crippen molar-refractivity contribution < 1.29 is 4.74 Å². The summed E-state index contributed by atoms with van der Waals surface area (Å²) < 4.78 is 7.77. The van der Waals surface area contributed by atoms with Gasteiger partial charge in [-0.1, -0.05) is 65.8 Å². The molecule has 31 heavy (non-hydrogen) atoms. The highest BCUT2D eigenvalue weighted by molar-refractivity contribution is 5.86. The number of hydrogen-bond acceptors (Lipinski definition) is 7. The summed E-state index contributed by atoms with van der Waals surface area (Å²) in [6.45, 7) is 1.37. The monoisotopic (exact) mass is 487 g/mol. The Morgan fingerprint density at radius 2 is 1.74 bits per heavy atom. The van der Waals surface area contributed by atoms with Gasteiger partial charge in [-0.2, -0.15) is 0 Å². The summed E-state index contributed by atoms with van der Waals surface area (Å²) in [5.74, 6) is 0.318. The Bertz CT molecular complexity index is 900. The van der Waals surface area contributed by atoms with Gasteiger partial charge in [-0.25, -0.2) is 4.68 Å². The van der Waals surface area contributed by atoms with Crippen LogP contribution in [0.15, 0.2) is 60.7 Å². The average Bonchev–Trinajstić information content (AvgIpc) is 3.19. The Morgan fingerprint density at radius 3 is 2.32 bits per heavy atom. The summed E-state index contributed by atoms with van der Waals surface area (Å²) in [4.78, 5) is 0. The van der Waals surface area contributed by atoms with Crippen molar-refractivity contribution in [2.75, 3.05) is 19.4 Å². The van der Waals surface area contributed by atoms with E-state index < -0.39 is 5.72 Å². The van der Waals surface area contributed by atoms with Crippen molar-refractivity contribution in [3.05, 3.63) is 71.8 Å². The van der Waals surface area contributed by atoms with Crippen LogP contribution >= 0.6 is 37.2 Å². The van der Waals surface area contributed by atoms with E-state index >= 15 is 0 Å². The van der Waals surface area contributed by atoms with Gasteiger partial charge in [0.25, 0.3) is 0 Å². The van der Waals surface area contributed by atoms with Crippen LogP contribution < -0.4 is 16.4 Å². The Balaban J connectivity index is 0.00000160. The van der Waals surface area contributed by atoms with Gasteiger partial charge in [-0.3, -0.25) is 5.32 Å². The molecule has 0 radical (unpaired) electrons. The lowest BCUT2D eigenvalue weighted by Crippen LogP contribution is -2.63. The van der Waals surface area contributed by atoms with Crippen LogP contribution in [-0.4, -0.2) is 39.9 Å². The smallest absolute Gasteiger partial charge is 0.240 e. The third-order valence-corrected chi connectivity index (χ3v) is 5.38. The molecule has 1 aliphatic rings. The summed E-state index contributed by atoms with van der Waals surface area (Å²) in [6.07, 6.45) is 0.762. The van der Waals surface area contributed by atoms with E-state index in [1.807, 2.05) is 36.4 Å². The Labute approximate surface area is 200 Å². The highest BCUT2D eigenvalue weighted by Crippen LogP contribution is 2.35. The summed E-state index contributed by atoms with van der Waals surface area (Å²) in [7, 11) is 1.74. The summed E-state index contributed by atoms with van der Waals surface area (Å²) >= 11 is 0. The first-order valence-corrected chi connectivity index (χ1v) is 9.39. The normalized spacial score (nSPS) is 22.5. The molecule has 3 aromatic rings. The molecule has 1 aliphatic heterocycles. The molecule has 3 atom stereocenters. The van der Waals surface area contributed by atoms with Crippen LogP contribution in [0.5, 0.6) is 0 Å². The number of hydrogen-bond donors (Lipinski definition) is 3. The van der Waals surface area contributed by atoms with Gasteiger partial charge < -0.3 is 15.8 Å². The van der Waals surface area contributed by atoms with Crippen LogP contribution in [0.3, 0.4) is 0 Å². The van der Waals surface area contributed by atoms with Gasteiger partial charge in [0.2, 0.25) is 5.95 Å². The SMILES string of the molecule is CO[C@]1(c2ccccc2)NCC(n2nnnc2N)C[C@@H]1NCc1ccccc1.Cl.Cl.Cl. The number of methoxy groups -OCH3 is 1. The minimum atomic E-state index is -0.657. The van der Waals surface area contributed by atoms with Crippen molar-refractivity contribution in [2.45, 2.75) is 30.8 Å². The van der Waals surface area contributed by atoms with Crippen LogP contribution in [0, 0.1) is 0 Å². The number of anilines is 1. The van der Waals surface area contributed by atoms with E-state index in [1.54, 1.807) is 11.8 Å². The predicted molar refractivity (Wildman–Crippen MR) is 128 cm³/mol. The maximum atomic E-state index is 6.10. The molecule has 8 nitrogen and oxygen atoms in total. The second-order valence-corrected chi connectivity index (χ2v) is 6.98. The van der Waals surface area contributed by atoms with Crippen LogP contribution in [0.1, 0.15) is 23.6 Å². The van der Waals surface area contributed by atoms with Crippen molar-refractivity contribution >= 4 is 43.2 Å². The lowest BCUT2D eigenvalue weighted by Gasteiger charge is -2.47. The van der Waals surface area contributed by atoms with Gasteiger partial charge >= 0.3 is 0 Å². The van der Waals surface area contributed by atoms with Gasteiger partial charge in [0.1, 0.15) is 0 Å². The molecule has 11 heteroatoms. The average molecular weight is 489 g/mol. The largest absolute Gasteiger partial charge is 0.367 e. The lowest BCUT2D eigenvalue weighted by atomic mass is 9.85. The minimum absolute atomic E-state index is 0. The Kier molecular flexibility index (Phi) is 10.7. The molecule has 2 heterocycles. The molecule has 0 amide bonds. The lowest BCUT2D eigenvalue weighted by molar-refractivity contribution is -0.0987. The maximum absolute atomic E-state index is 6.10. The second kappa shape index (κ2) is 12.2. The number of nitrogens with one attached hydrogen (secondary N) is 2. The highest BCUT2D eigenvalue weighted by Gasteiger charge is 2.46. The summed E-state index contributed by atoms with van der Waals surface area (Å²) in [5, 5.41) is 18.8. The molecule has 0 spiro atoms. The molecule has 0 bridgehead atoms. The topological polar surface area (TPSA) is 103 Å². The van der Waals surface area contributed by atoms with Gasteiger partial charge in [0, 0.05) is 25.8 Å². The van der Waals surface area contributed by atoms with E-state index in [2.05, 4.69) is 50.4 Å². The van der Waals surface area contributed by atoms with E-state index in [0.29, 0.717) is 12.5 Å². The highest BCUT2D eigenvalue weighted by atomic mass is 35.5. The molecular formula is C20H28Cl3N7O. The number of nitrogens with zero attached hydrogens (tertiary/aromatic N) is 4. The van der Waals surface area contributed by atoms with E-state index in [0.717, 1.165) is 18.5 Å². The molecule has 0 saturated carbocycles. The third kappa shape index (κ3) is 5.65. The molecule has 4 N–H and O–H groups in total. The number of nitrogen functional groups attached to an aromatic ring is 1. The van der Waals surface area contributed by atoms with Crippen molar-refractivity contribution in [3.63, 3.8) is 0 Å². The number of tetrazole rings is 1. The molecule has 1 unspecified atom stereocenters. The number of piperidine rings is 1. The number of benzene rings is 2. The van der Waals surface area contributed by atoms with E-state index in [9.17, 15) is 0 Å². The molecule has 0 aliphatic carbocycles. The first kappa shape index (κ1) is 27.1. The molecule has 1 fully saturated rings. The summed E-state index contributed by atoms with van der Waals surface area (Å²) in [5.41, 5.74) is 7.57. The number of aromatic nitrogens is 4. The molecule has 170 valence electrons. The van der Waals surface area contributed by atoms with Gasteiger partial charge in [0.05, 0.1) is 12.1 Å². The van der Waals surface area contributed by atoms with Crippen molar-refractivity contribution in [2.24, 2.45) is 0 Å². The predicted octanol–water partition coefficient (Wildman–Crippen LogP) is 2.71. The molecule has 1 aromatic heterocycles. The van der Waals surface area contributed by atoms with Gasteiger partial charge in [-0.15, -0.1) is 37.2 Å². The van der Waals surface area contributed by atoms with Crippen LogP contribution in [0.4, 0.5) is 5.95 Å². The fourth-order valence-corrected chi connectivity index (χ4v) is 3.95. The zero-order valence-electron chi connectivity index (χ0n) is 17.0.